The Morgan fingerprint density at radius 2 is 2.06 bits per heavy atom. The molecule has 12 heteroatoms. The summed E-state index contributed by atoms with van der Waals surface area (Å²) in [5.74, 6) is -1.03. The quantitative estimate of drug-likeness (QED) is 0.365. The highest BCUT2D eigenvalue weighted by Crippen LogP contribution is 2.32. The average Bonchev–Trinajstić information content (AvgIpc) is 3.65. The molecule has 1 aliphatic heterocycles. The molecule has 190 valence electrons. The molecule has 1 aromatic carbocycles. The van der Waals surface area contributed by atoms with Crippen molar-refractivity contribution in [3.05, 3.63) is 62.8 Å². The molecule has 1 aliphatic rings. The maximum Gasteiger partial charge on any atom is 0.270 e. The van der Waals surface area contributed by atoms with Crippen LogP contribution in [-0.4, -0.2) is 53.4 Å². The van der Waals surface area contributed by atoms with Crippen molar-refractivity contribution in [3.8, 4) is 5.75 Å². The topological polar surface area (TPSA) is 150 Å². The van der Waals surface area contributed by atoms with Crippen molar-refractivity contribution < 1.29 is 23.9 Å². The number of carbonyl (C=O) groups is 3. The third-order valence-corrected chi connectivity index (χ3v) is 7.60. The molecule has 3 heterocycles. The van der Waals surface area contributed by atoms with Crippen molar-refractivity contribution in [2.45, 2.75) is 31.5 Å². The zero-order chi connectivity index (χ0) is 25.7. The maximum absolute atomic E-state index is 13.9. The van der Waals surface area contributed by atoms with Gasteiger partial charge in [-0.05, 0) is 53.5 Å². The van der Waals surface area contributed by atoms with E-state index in [4.69, 9.17) is 20.9 Å². The smallest absolute Gasteiger partial charge is 0.270 e. The highest BCUT2D eigenvalue weighted by Gasteiger charge is 2.36. The summed E-state index contributed by atoms with van der Waals surface area (Å²) < 4.78 is 14.8. The lowest BCUT2D eigenvalue weighted by atomic mass is 10.1. The van der Waals surface area contributed by atoms with Crippen LogP contribution in [0.5, 0.6) is 5.75 Å². The van der Waals surface area contributed by atoms with E-state index in [1.165, 1.54) is 16.2 Å². The molecule has 0 spiro atoms. The monoisotopic (exact) mass is 529 g/mol. The standard InChI is InChI=1S/C24H27N5O5S2/c1-33-15-8-6-14(7-9-15)13-29(24(32)21-18(25)19(22(26)30)28-36-21)20(17-5-3-11-35-17)23(31)27-12-16-4-2-10-34-16/h3,5-9,11,16,20H,2,4,10,12-13,25H2,1H3,(H2,26,30)(H,27,31)/t16-,20-/m0/s1. The van der Waals surface area contributed by atoms with Gasteiger partial charge in [-0.3, -0.25) is 14.4 Å². The van der Waals surface area contributed by atoms with Crippen LogP contribution in [0, 0.1) is 0 Å². The second-order valence-corrected chi connectivity index (χ2v) is 9.97. The van der Waals surface area contributed by atoms with Gasteiger partial charge in [0, 0.05) is 24.6 Å². The van der Waals surface area contributed by atoms with E-state index in [1.54, 1.807) is 25.3 Å². The number of nitrogens with two attached hydrogens (primary N) is 2. The second kappa shape index (κ2) is 11.5. The summed E-state index contributed by atoms with van der Waals surface area (Å²) in [5, 5.41) is 4.80. The lowest BCUT2D eigenvalue weighted by Gasteiger charge is -2.30. The summed E-state index contributed by atoms with van der Waals surface area (Å²) >= 11 is 2.15. The van der Waals surface area contributed by atoms with E-state index in [1.807, 2.05) is 23.6 Å². The molecule has 36 heavy (non-hydrogen) atoms. The maximum atomic E-state index is 13.9. The molecular weight excluding hydrogens is 502 g/mol. The SMILES string of the molecule is COc1ccc(CN(C(=O)c2snc(C(N)=O)c2N)[C@H](C(=O)NC[C@@H]2CCCO2)c2cccs2)cc1. The van der Waals surface area contributed by atoms with Gasteiger partial charge in [0.1, 0.15) is 16.7 Å². The summed E-state index contributed by atoms with van der Waals surface area (Å²) in [6.07, 6.45) is 1.76. The van der Waals surface area contributed by atoms with Crippen LogP contribution in [0.3, 0.4) is 0 Å². The summed E-state index contributed by atoms with van der Waals surface area (Å²) in [5.41, 5.74) is 11.9. The molecule has 10 nitrogen and oxygen atoms in total. The Kier molecular flexibility index (Phi) is 8.18. The van der Waals surface area contributed by atoms with Crippen LogP contribution in [0.1, 0.15) is 49.5 Å². The summed E-state index contributed by atoms with van der Waals surface area (Å²) in [6, 6.07) is 9.88. The number of benzene rings is 1. The van der Waals surface area contributed by atoms with Crippen LogP contribution in [0.15, 0.2) is 41.8 Å². The summed E-state index contributed by atoms with van der Waals surface area (Å²) in [4.78, 5) is 41.3. The first kappa shape index (κ1) is 25.6. The van der Waals surface area contributed by atoms with E-state index in [0.29, 0.717) is 23.8 Å². The Morgan fingerprint density at radius 1 is 1.28 bits per heavy atom. The lowest BCUT2D eigenvalue weighted by molar-refractivity contribution is -0.126. The number of rotatable bonds is 10. The van der Waals surface area contributed by atoms with Gasteiger partial charge in [0.15, 0.2) is 5.69 Å². The number of amides is 3. The van der Waals surface area contributed by atoms with Crippen LogP contribution in [0.2, 0.25) is 0 Å². The molecule has 4 rings (SSSR count). The zero-order valence-electron chi connectivity index (χ0n) is 19.6. The fraction of sp³-hybridized carbons (Fsp3) is 0.333. The van der Waals surface area contributed by atoms with E-state index >= 15 is 0 Å². The number of primary amides is 1. The number of ether oxygens (including phenoxy) is 2. The Morgan fingerprint density at radius 3 is 2.64 bits per heavy atom. The Bertz CT molecular complexity index is 1210. The van der Waals surface area contributed by atoms with E-state index in [9.17, 15) is 14.4 Å². The summed E-state index contributed by atoms with van der Waals surface area (Å²) in [7, 11) is 1.57. The van der Waals surface area contributed by atoms with Gasteiger partial charge in [-0.2, -0.15) is 4.37 Å². The van der Waals surface area contributed by atoms with E-state index < -0.39 is 17.9 Å². The first-order valence-corrected chi connectivity index (χ1v) is 13.0. The van der Waals surface area contributed by atoms with Crippen LogP contribution in [0.4, 0.5) is 5.69 Å². The third-order valence-electron chi connectivity index (χ3n) is 5.83. The van der Waals surface area contributed by atoms with Crippen molar-refractivity contribution >= 4 is 46.3 Å². The number of nitrogens with zero attached hydrogens (tertiary/aromatic N) is 2. The molecule has 0 saturated carbocycles. The highest BCUT2D eigenvalue weighted by molar-refractivity contribution is 7.10. The number of hydrogen-bond acceptors (Lipinski definition) is 9. The first-order chi connectivity index (χ1) is 17.4. The molecule has 1 fully saturated rings. The first-order valence-electron chi connectivity index (χ1n) is 11.3. The van der Waals surface area contributed by atoms with Gasteiger partial charge in [0.25, 0.3) is 11.8 Å². The molecule has 0 bridgehead atoms. The molecule has 1 saturated heterocycles. The van der Waals surface area contributed by atoms with E-state index in [0.717, 1.165) is 29.9 Å². The number of aromatic nitrogens is 1. The predicted molar refractivity (Wildman–Crippen MR) is 137 cm³/mol. The molecule has 3 aromatic rings. The van der Waals surface area contributed by atoms with Crippen LogP contribution < -0.4 is 21.5 Å². The zero-order valence-corrected chi connectivity index (χ0v) is 21.3. The van der Waals surface area contributed by atoms with Gasteiger partial charge in [0.2, 0.25) is 5.91 Å². The molecular formula is C24H27N5O5S2. The molecule has 2 aromatic heterocycles. The van der Waals surface area contributed by atoms with Gasteiger partial charge in [-0.1, -0.05) is 18.2 Å². The number of nitrogen functional groups attached to an aromatic ring is 1. The van der Waals surface area contributed by atoms with Gasteiger partial charge in [0.05, 0.1) is 18.9 Å². The van der Waals surface area contributed by atoms with Crippen molar-refractivity contribution in [2.24, 2.45) is 5.73 Å². The minimum absolute atomic E-state index is 0.0470. The minimum atomic E-state index is -0.945. The average molecular weight is 530 g/mol. The molecule has 0 unspecified atom stereocenters. The Labute approximate surface area is 216 Å². The van der Waals surface area contributed by atoms with Crippen molar-refractivity contribution in [1.82, 2.24) is 14.6 Å². The molecule has 3 amide bonds. The predicted octanol–water partition coefficient (Wildman–Crippen LogP) is 2.57. The molecule has 5 N–H and O–H groups in total. The van der Waals surface area contributed by atoms with E-state index in [-0.39, 0.29) is 34.8 Å². The number of hydrogen-bond donors (Lipinski definition) is 3. The van der Waals surface area contributed by atoms with Crippen molar-refractivity contribution in [3.63, 3.8) is 0 Å². The number of thiophene rings is 1. The Balaban J connectivity index is 1.70. The molecule has 0 radical (unpaired) electrons. The van der Waals surface area contributed by atoms with Crippen molar-refractivity contribution in [1.29, 1.82) is 0 Å². The fourth-order valence-corrected chi connectivity index (χ4v) is 5.55. The van der Waals surface area contributed by atoms with Crippen LogP contribution in [0.25, 0.3) is 0 Å². The van der Waals surface area contributed by atoms with Gasteiger partial charge < -0.3 is 31.2 Å². The normalized spacial score (nSPS) is 15.9. The molecule has 2 atom stereocenters. The van der Waals surface area contributed by atoms with Crippen LogP contribution in [-0.2, 0) is 16.1 Å². The number of methoxy groups -OCH3 is 1. The lowest BCUT2D eigenvalue weighted by Crippen LogP contribution is -2.44. The minimum Gasteiger partial charge on any atom is -0.497 e. The third kappa shape index (κ3) is 5.66. The molecule has 0 aliphatic carbocycles. The van der Waals surface area contributed by atoms with Gasteiger partial charge >= 0.3 is 0 Å². The largest absolute Gasteiger partial charge is 0.497 e. The Hall–Kier alpha value is -3.48. The fourth-order valence-electron chi connectivity index (χ4n) is 3.96. The van der Waals surface area contributed by atoms with Gasteiger partial charge in [-0.25, -0.2) is 0 Å². The van der Waals surface area contributed by atoms with Crippen molar-refractivity contribution in [2.75, 3.05) is 26.0 Å². The number of anilines is 1. The second-order valence-electron chi connectivity index (χ2n) is 8.22. The number of carbonyl (C=O) groups excluding carboxylic acids is 3. The van der Waals surface area contributed by atoms with E-state index in [2.05, 4.69) is 9.69 Å². The number of nitrogens with one attached hydrogen (secondary N) is 1. The highest BCUT2D eigenvalue weighted by atomic mass is 32.1. The van der Waals surface area contributed by atoms with Gasteiger partial charge in [-0.15, -0.1) is 11.3 Å². The van der Waals surface area contributed by atoms with Crippen LogP contribution >= 0.6 is 22.9 Å². The summed E-state index contributed by atoms with van der Waals surface area (Å²) in [6.45, 7) is 1.12.